The lowest BCUT2D eigenvalue weighted by Gasteiger charge is -2.25. The van der Waals surface area contributed by atoms with Crippen LogP contribution >= 0.6 is 0 Å². The van der Waals surface area contributed by atoms with E-state index in [4.69, 9.17) is 4.74 Å². The van der Waals surface area contributed by atoms with E-state index in [1.54, 1.807) is 7.11 Å². The van der Waals surface area contributed by atoms with Gasteiger partial charge in [0.1, 0.15) is 11.6 Å². The Balaban J connectivity index is 1.24. The number of carbonyl (C=O) groups excluding carboxylic acids is 1. The summed E-state index contributed by atoms with van der Waals surface area (Å²) in [6, 6.07) is 16.2. The summed E-state index contributed by atoms with van der Waals surface area (Å²) in [7, 11) is 1.62. The molecule has 2 aliphatic rings. The summed E-state index contributed by atoms with van der Waals surface area (Å²) in [6.45, 7) is 6.06. The molecule has 0 aliphatic carbocycles. The van der Waals surface area contributed by atoms with E-state index < -0.39 is 0 Å². The van der Waals surface area contributed by atoms with Gasteiger partial charge in [-0.05, 0) is 53.6 Å². The van der Waals surface area contributed by atoms with Gasteiger partial charge in [0.15, 0.2) is 0 Å². The average Bonchev–Trinajstić information content (AvgIpc) is 3.41. The van der Waals surface area contributed by atoms with Gasteiger partial charge in [0.2, 0.25) is 5.82 Å². The molecule has 0 unspecified atom stereocenters. The van der Waals surface area contributed by atoms with E-state index >= 15 is 0 Å². The first kappa shape index (κ1) is 20.7. The topological polar surface area (TPSA) is 72.3 Å². The van der Waals surface area contributed by atoms with Gasteiger partial charge in [-0.3, -0.25) is 9.69 Å². The Morgan fingerprint density at radius 2 is 1.72 bits per heavy atom. The van der Waals surface area contributed by atoms with Gasteiger partial charge in [-0.1, -0.05) is 31.2 Å². The number of nitrogens with zero attached hydrogens (tertiary/aromatic N) is 4. The summed E-state index contributed by atoms with van der Waals surface area (Å²) in [4.78, 5) is 15.4. The third-order valence-corrected chi connectivity index (χ3v) is 6.73. The fraction of sp³-hybridized carbons (Fsp3) is 0.400. The molecule has 0 radical (unpaired) electrons. The minimum atomic E-state index is -0.224. The van der Waals surface area contributed by atoms with Crippen molar-refractivity contribution in [2.75, 3.05) is 25.5 Å². The normalized spacial score (nSPS) is 19.9. The Morgan fingerprint density at radius 1 is 1.00 bits per heavy atom. The summed E-state index contributed by atoms with van der Waals surface area (Å²) in [5.41, 5.74) is 3.45. The Morgan fingerprint density at radius 3 is 2.44 bits per heavy atom. The highest BCUT2D eigenvalue weighted by molar-refractivity contribution is 6.01. The van der Waals surface area contributed by atoms with Gasteiger partial charge in [-0.15, -0.1) is 10.2 Å². The summed E-state index contributed by atoms with van der Waals surface area (Å²) < 4.78 is 7.19. The summed E-state index contributed by atoms with van der Waals surface area (Å²) >= 11 is 0. The molecule has 2 aliphatic heterocycles. The van der Waals surface area contributed by atoms with Crippen molar-refractivity contribution in [1.82, 2.24) is 19.7 Å². The van der Waals surface area contributed by atoms with E-state index in [1.807, 2.05) is 28.8 Å². The van der Waals surface area contributed by atoms with Gasteiger partial charge in [-0.2, -0.15) is 0 Å². The molecule has 0 saturated carbocycles. The zero-order valence-corrected chi connectivity index (χ0v) is 18.6. The van der Waals surface area contributed by atoms with E-state index in [0.717, 1.165) is 50.6 Å². The molecule has 7 nitrogen and oxygen atoms in total. The summed E-state index contributed by atoms with van der Waals surface area (Å²) in [5.74, 6) is 2.92. The van der Waals surface area contributed by atoms with Crippen LogP contribution in [0.1, 0.15) is 34.5 Å². The van der Waals surface area contributed by atoms with Crippen molar-refractivity contribution in [3.63, 3.8) is 0 Å². The fourth-order valence-electron chi connectivity index (χ4n) is 4.92. The van der Waals surface area contributed by atoms with Crippen molar-refractivity contribution in [3.8, 4) is 5.75 Å². The predicted octanol–water partition coefficient (Wildman–Crippen LogP) is 3.41. The molecule has 32 heavy (non-hydrogen) atoms. The number of fused-ring (bicyclic) bond motifs is 2. The third kappa shape index (κ3) is 4.12. The number of methoxy groups -OCH3 is 1. The van der Waals surface area contributed by atoms with Crippen LogP contribution in [0.2, 0.25) is 0 Å². The number of aromatic nitrogens is 3. The molecule has 5 rings (SSSR count). The molecule has 1 amide bonds. The van der Waals surface area contributed by atoms with Crippen molar-refractivity contribution in [1.29, 1.82) is 0 Å². The van der Waals surface area contributed by atoms with Crippen LogP contribution in [0.3, 0.4) is 0 Å². The molecule has 1 N–H and O–H groups in total. The van der Waals surface area contributed by atoms with E-state index in [9.17, 15) is 4.79 Å². The van der Waals surface area contributed by atoms with E-state index in [1.165, 1.54) is 11.1 Å². The van der Waals surface area contributed by atoms with Crippen molar-refractivity contribution in [3.05, 3.63) is 71.3 Å². The average molecular weight is 432 g/mol. The molecule has 2 atom stereocenters. The largest absolute Gasteiger partial charge is 0.497 e. The van der Waals surface area contributed by atoms with Crippen molar-refractivity contribution in [2.24, 2.45) is 11.8 Å². The highest BCUT2D eigenvalue weighted by atomic mass is 16.5. The number of amides is 1. The minimum Gasteiger partial charge on any atom is -0.497 e. The van der Waals surface area contributed by atoms with Crippen LogP contribution in [0, 0.1) is 11.8 Å². The SMILES string of the molecule is CCc1ccc(CN2C[C@@H]3Cc4nnc(C(=O)Nc5ccc(OC)cc5)n4C[C@@H]3C2)cc1. The number of nitrogens with one attached hydrogen (secondary N) is 1. The number of hydrogen-bond acceptors (Lipinski definition) is 5. The minimum absolute atomic E-state index is 0.224. The molecule has 0 bridgehead atoms. The Labute approximate surface area is 188 Å². The van der Waals surface area contributed by atoms with Crippen molar-refractivity contribution < 1.29 is 9.53 Å². The molecule has 0 spiro atoms. The molecule has 3 heterocycles. The molecule has 3 aromatic rings. The zero-order valence-electron chi connectivity index (χ0n) is 18.6. The summed E-state index contributed by atoms with van der Waals surface area (Å²) in [5, 5.41) is 11.5. The number of aryl methyl sites for hydroxylation is 1. The summed E-state index contributed by atoms with van der Waals surface area (Å²) in [6.07, 6.45) is 1.95. The molecule has 1 aromatic heterocycles. The number of hydrogen-bond donors (Lipinski definition) is 1. The quantitative estimate of drug-likeness (QED) is 0.648. The first-order valence-corrected chi connectivity index (χ1v) is 11.3. The second-order valence-corrected chi connectivity index (χ2v) is 8.82. The molecule has 166 valence electrons. The van der Waals surface area contributed by atoms with Gasteiger partial charge < -0.3 is 14.6 Å². The van der Waals surface area contributed by atoms with Crippen LogP contribution < -0.4 is 10.1 Å². The molecule has 1 saturated heterocycles. The van der Waals surface area contributed by atoms with Crippen LogP contribution in [0.15, 0.2) is 48.5 Å². The number of carbonyl (C=O) groups is 1. The van der Waals surface area contributed by atoms with Gasteiger partial charge in [0.05, 0.1) is 7.11 Å². The third-order valence-electron chi connectivity index (χ3n) is 6.73. The lowest BCUT2D eigenvalue weighted by atomic mass is 9.89. The van der Waals surface area contributed by atoms with Crippen molar-refractivity contribution in [2.45, 2.75) is 32.9 Å². The van der Waals surface area contributed by atoms with E-state index in [0.29, 0.717) is 23.3 Å². The lowest BCUT2D eigenvalue weighted by Crippen LogP contribution is -2.31. The van der Waals surface area contributed by atoms with Crippen LogP contribution in [0.5, 0.6) is 5.75 Å². The smallest absolute Gasteiger partial charge is 0.293 e. The second-order valence-electron chi connectivity index (χ2n) is 8.82. The monoisotopic (exact) mass is 431 g/mol. The highest BCUT2D eigenvalue weighted by Crippen LogP contribution is 2.33. The van der Waals surface area contributed by atoms with E-state index in [-0.39, 0.29) is 5.91 Å². The zero-order chi connectivity index (χ0) is 22.1. The van der Waals surface area contributed by atoms with Crippen LogP contribution in [-0.2, 0) is 25.9 Å². The molecular formula is C25H29N5O2. The standard InChI is InChI=1S/C25H29N5O2/c1-3-17-4-6-18(7-5-17)13-29-14-19-12-23-27-28-24(30(23)16-20(19)15-29)25(31)26-21-8-10-22(32-2)11-9-21/h4-11,19-20H,3,12-16H2,1-2H3,(H,26,31)/t19-,20-/m0/s1. The maximum atomic E-state index is 12.9. The van der Waals surface area contributed by atoms with Gasteiger partial charge in [0, 0.05) is 38.3 Å². The Kier molecular flexibility index (Phi) is 5.66. The molecular weight excluding hydrogens is 402 g/mol. The maximum Gasteiger partial charge on any atom is 0.293 e. The van der Waals surface area contributed by atoms with Gasteiger partial charge in [0.25, 0.3) is 5.91 Å². The fourth-order valence-corrected chi connectivity index (χ4v) is 4.92. The molecule has 1 fully saturated rings. The Bertz CT molecular complexity index is 1090. The Hall–Kier alpha value is -3.19. The number of benzene rings is 2. The highest BCUT2D eigenvalue weighted by Gasteiger charge is 2.39. The first-order chi connectivity index (χ1) is 15.6. The second kappa shape index (κ2) is 8.74. The van der Waals surface area contributed by atoms with Crippen LogP contribution in [0.4, 0.5) is 5.69 Å². The van der Waals surface area contributed by atoms with Gasteiger partial charge >= 0.3 is 0 Å². The first-order valence-electron chi connectivity index (χ1n) is 11.3. The number of likely N-dealkylation sites (tertiary alicyclic amines) is 1. The maximum absolute atomic E-state index is 12.9. The van der Waals surface area contributed by atoms with Crippen molar-refractivity contribution >= 4 is 11.6 Å². The van der Waals surface area contributed by atoms with Crippen LogP contribution in [0.25, 0.3) is 0 Å². The molecule has 2 aromatic carbocycles. The number of rotatable bonds is 6. The predicted molar refractivity (Wildman–Crippen MR) is 123 cm³/mol. The number of anilines is 1. The van der Waals surface area contributed by atoms with Crippen LogP contribution in [-0.4, -0.2) is 45.8 Å². The van der Waals surface area contributed by atoms with Gasteiger partial charge in [-0.25, -0.2) is 0 Å². The number of ether oxygens (including phenoxy) is 1. The molecule has 7 heteroatoms. The van der Waals surface area contributed by atoms with E-state index in [2.05, 4.69) is 51.6 Å². The lowest BCUT2D eigenvalue weighted by molar-refractivity contribution is 0.100.